The Morgan fingerprint density at radius 3 is 1.19 bits per heavy atom. The van der Waals surface area contributed by atoms with E-state index in [1.54, 1.807) is 0 Å². The summed E-state index contributed by atoms with van der Waals surface area (Å²) in [5.41, 5.74) is 2.31. The van der Waals surface area contributed by atoms with Crippen LogP contribution in [-0.4, -0.2) is 51.6 Å². The first-order chi connectivity index (χ1) is 21.0. The lowest BCUT2D eigenvalue weighted by molar-refractivity contribution is -0.0654. The summed E-state index contributed by atoms with van der Waals surface area (Å²) < 4.78 is 45.2. The van der Waals surface area contributed by atoms with Crippen molar-refractivity contribution in [3.05, 3.63) is 47.5 Å². The van der Waals surface area contributed by atoms with Crippen LogP contribution in [0.5, 0.6) is 23.0 Å². The average molecular weight is 685 g/mol. The third kappa shape index (κ3) is 19.5. The van der Waals surface area contributed by atoms with Crippen LogP contribution in [0.4, 0.5) is 0 Å². The van der Waals surface area contributed by atoms with E-state index in [9.17, 15) is 0 Å². The Morgan fingerprint density at radius 2 is 0.771 bits per heavy atom. The van der Waals surface area contributed by atoms with Gasteiger partial charge in [-0.1, -0.05) is 63.5 Å². The zero-order valence-electron chi connectivity index (χ0n) is 29.4. The first-order valence-electron chi connectivity index (χ1n) is 16.4. The summed E-state index contributed by atoms with van der Waals surface area (Å²) in [5, 5.41) is 0. The molecule has 0 bridgehead atoms. The molecule has 0 aromatic heterocycles. The molecule has 0 amide bonds. The predicted molar refractivity (Wildman–Crippen MR) is 204 cm³/mol. The fraction of sp³-hybridized carbons (Fsp3) is 0.700. The molecule has 0 radical (unpaired) electrons. The van der Waals surface area contributed by atoms with Gasteiger partial charge in [-0.2, -0.15) is 0 Å². The first kappa shape index (κ1) is 52.3. The third-order valence-corrected chi connectivity index (χ3v) is 7.05. The lowest BCUT2D eigenvalue weighted by Crippen LogP contribution is -2.18. The van der Waals surface area contributed by atoms with E-state index >= 15 is 0 Å². The van der Waals surface area contributed by atoms with E-state index in [1.807, 2.05) is 85.7 Å². The van der Waals surface area contributed by atoms with E-state index in [2.05, 4.69) is 33.8 Å². The van der Waals surface area contributed by atoms with E-state index < -0.39 is 0 Å². The molecule has 0 aliphatic rings. The first-order valence-corrected chi connectivity index (χ1v) is 16.4. The third-order valence-electron chi connectivity index (χ3n) is 7.05. The molecule has 0 saturated heterocycles. The van der Waals surface area contributed by atoms with Crippen molar-refractivity contribution in [2.45, 2.75) is 163 Å². The largest absolute Gasteiger partial charge is 0.465 e. The monoisotopic (exact) mass is 685 g/mol. The lowest BCUT2D eigenvalue weighted by Gasteiger charge is -2.21. The molecule has 8 heteroatoms. The normalized spacial score (nSPS) is 13.9. The van der Waals surface area contributed by atoms with Crippen LogP contribution >= 0.6 is 0 Å². The second kappa shape index (κ2) is 29.4. The summed E-state index contributed by atoms with van der Waals surface area (Å²) in [4.78, 5) is 0. The van der Waals surface area contributed by atoms with Gasteiger partial charge in [-0.05, 0) is 110 Å². The average Bonchev–Trinajstić information content (AvgIpc) is 2.98. The van der Waals surface area contributed by atoms with Crippen LogP contribution in [0, 0.1) is 0 Å². The minimum Gasteiger partial charge on any atom is -0.465 e. The summed E-state index contributed by atoms with van der Waals surface area (Å²) in [6.45, 7) is 26.6. The second-order valence-corrected chi connectivity index (χ2v) is 10.6. The van der Waals surface area contributed by atoms with Gasteiger partial charge in [0.1, 0.15) is 23.0 Å². The van der Waals surface area contributed by atoms with Crippen LogP contribution in [0.1, 0.15) is 149 Å². The van der Waals surface area contributed by atoms with Gasteiger partial charge >= 0.3 is 0 Å². The van der Waals surface area contributed by atoms with Crippen LogP contribution < -0.4 is 18.9 Å². The molecule has 0 aliphatic carbocycles. The number of rotatable bonds is 20. The van der Waals surface area contributed by atoms with Crippen LogP contribution in [0.25, 0.3) is 0 Å². The molecular weight excluding hydrogens is 608 g/mol. The van der Waals surface area contributed by atoms with Crippen molar-refractivity contribution in [3.8, 4) is 23.0 Å². The quantitative estimate of drug-likeness (QED) is 0.128. The van der Waals surface area contributed by atoms with Crippen molar-refractivity contribution >= 4 is 0 Å². The molecule has 6 atom stereocenters. The van der Waals surface area contributed by atoms with Crippen LogP contribution in [-0.2, 0) is 18.9 Å². The Balaban J connectivity index is -0.000000372. The van der Waals surface area contributed by atoms with Crippen molar-refractivity contribution in [1.29, 1.82) is 0 Å². The highest BCUT2D eigenvalue weighted by molar-refractivity contribution is 5.43. The molecular formula is C40H76O8. The second-order valence-electron chi connectivity index (χ2n) is 10.6. The van der Waals surface area contributed by atoms with Crippen LogP contribution in [0.15, 0.2) is 36.4 Å². The molecule has 284 valence electrons. The lowest BCUT2D eigenvalue weighted by atomic mass is 9.97. The van der Waals surface area contributed by atoms with Gasteiger partial charge in [0.2, 0.25) is 0 Å². The zero-order chi connectivity index (χ0) is 33.1. The van der Waals surface area contributed by atoms with Gasteiger partial charge in [-0.25, -0.2) is 0 Å². The van der Waals surface area contributed by atoms with Gasteiger partial charge in [0, 0.05) is 38.1 Å². The number of ether oxygens (including phenoxy) is 8. The van der Waals surface area contributed by atoms with Crippen molar-refractivity contribution in [3.63, 3.8) is 0 Å². The van der Waals surface area contributed by atoms with E-state index in [0.717, 1.165) is 41.4 Å². The minimum atomic E-state index is -0.285. The summed E-state index contributed by atoms with van der Waals surface area (Å²) in [5.74, 6) is 4.01. The predicted octanol–water partition coefficient (Wildman–Crippen LogP) is 12.0. The zero-order valence-corrected chi connectivity index (χ0v) is 29.4. The summed E-state index contributed by atoms with van der Waals surface area (Å²) in [6, 6.07) is 11.9. The molecule has 2 aromatic carbocycles. The SMILES string of the molecule is C.C.C.C.CCOC(C)Oc1ccc(C(C)CC)c(OC(C)OCC)c1.CCOC(C)Oc1ccc(OC(C)OCC)c(C(C)CC)c1. The molecule has 0 spiro atoms. The molecule has 6 unspecified atom stereocenters. The Labute approximate surface area is 297 Å². The number of hydrogen-bond donors (Lipinski definition) is 0. The standard InChI is InChI=1S/2C18H30O4.4CH4/c1-7-13(4)17-12-16(21-14(5)19-8-2)10-11-18(17)22-15(6)20-9-3;1-7-13(4)17-11-10-16(21-14(5)19-8-2)12-18(17)22-15(6)20-9-3;;;;/h2*10-15H,7-9H2,1-6H3;4*1H4. The van der Waals surface area contributed by atoms with Crippen molar-refractivity contribution in [2.24, 2.45) is 0 Å². The number of benzene rings is 2. The van der Waals surface area contributed by atoms with E-state index in [4.69, 9.17) is 37.9 Å². The summed E-state index contributed by atoms with van der Waals surface area (Å²) in [6.07, 6.45) is 0.994. The highest BCUT2D eigenvalue weighted by Crippen LogP contribution is 2.34. The summed E-state index contributed by atoms with van der Waals surface area (Å²) in [7, 11) is 0. The van der Waals surface area contributed by atoms with Gasteiger partial charge in [-0.3, -0.25) is 0 Å². The van der Waals surface area contributed by atoms with Crippen molar-refractivity contribution in [1.82, 2.24) is 0 Å². The van der Waals surface area contributed by atoms with Crippen LogP contribution in [0.2, 0.25) is 0 Å². The Bertz CT molecular complexity index is 1030. The molecule has 8 nitrogen and oxygen atoms in total. The maximum Gasteiger partial charge on any atom is 0.196 e. The summed E-state index contributed by atoms with van der Waals surface area (Å²) >= 11 is 0. The Hall–Kier alpha value is -2.52. The molecule has 0 aliphatic heterocycles. The maximum atomic E-state index is 5.95. The van der Waals surface area contributed by atoms with E-state index in [-0.39, 0.29) is 54.9 Å². The highest BCUT2D eigenvalue weighted by atomic mass is 16.7. The van der Waals surface area contributed by atoms with Gasteiger partial charge in [0.15, 0.2) is 25.2 Å². The topological polar surface area (TPSA) is 73.8 Å². The van der Waals surface area contributed by atoms with E-state index in [1.165, 1.54) is 5.56 Å². The van der Waals surface area contributed by atoms with Gasteiger partial charge in [0.25, 0.3) is 0 Å². The highest BCUT2D eigenvalue weighted by Gasteiger charge is 2.17. The van der Waals surface area contributed by atoms with Crippen LogP contribution in [0.3, 0.4) is 0 Å². The Morgan fingerprint density at radius 1 is 0.417 bits per heavy atom. The van der Waals surface area contributed by atoms with Crippen molar-refractivity contribution < 1.29 is 37.9 Å². The smallest absolute Gasteiger partial charge is 0.196 e. The van der Waals surface area contributed by atoms with Gasteiger partial charge < -0.3 is 37.9 Å². The molecule has 0 saturated carbocycles. The van der Waals surface area contributed by atoms with E-state index in [0.29, 0.717) is 38.3 Å². The molecule has 0 heterocycles. The fourth-order valence-corrected chi connectivity index (χ4v) is 4.45. The molecule has 2 aromatic rings. The Kier molecular flexibility index (Phi) is 32.0. The van der Waals surface area contributed by atoms with Gasteiger partial charge in [-0.15, -0.1) is 0 Å². The molecule has 0 N–H and O–H groups in total. The fourth-order valence-electron chi connectivity index (χ4n) is 4.45. The number of hydrogen-bond acceptors (Lipinski definition) is 8. The van der Waals surface area contributed by atoms with Crippen molar-refractivity contribution in [2.75, 3.05) is 26.4 Å². The minimum absolute atomic E-state index is 0. The maximum absolute atomic E-state index is 5.95. The van der Waals surface area contributed by atoms with Gasteiger partial charge in [0.05, 0.1) is 0 Å². The molecule has 0 fully saturated rings. The molecule has 48 heavy (non-hydrogen) atoms. The molecule has 2 rings (SSSR count).